The summed E-state index contributed by atoms with van der Waals surface area (Å²) >= 11 is 0. The summed E-state index contributed by atoms with van der Waals surface area (Å²) < 4.78 is 11.1. The van der Waals surface area contributed by atoms with E-state index in [4.69, 9.17) is 9.47 Å². The number of hydrogen-bond donors (Lipinski definition) is 1. The lowest BCUT2D eigenvalue weighted by molar-refractivity contribution is 0.0929. The van der Waals surface area contributed by atoms with Gasteiger partial charge in [-0.15, -0.1) is 0 Å². The number of rotatable bonds is 3. The second-order valence-corrected chi connectivity index (χ2v) is 4.94. The Labute approximate surface area is 123 Å². The number of fused-ring (bicyclic) bond motifs is 1. The van der Waals surface area contributed by atoms with E-state index >= 15 is 0 Å². The lowest BCUT2D eigenvalue weighted by atomic mass is 10.1. The highest BCUT2D eigenvalue weighted by atomic mass is 16.6. The van der Waals surface area contributed by atoms with E-state index in [-0.39, 0.29) is 11.9 Å². The molecule has 0 aromatic heterocycles. The predicted octanol–water partition coefficient (Wildman–Crippen LogP) is 2.95. The summed E-state index contributed by atoms with van der Waals surface area (Å²) in [6.45, 7) is 2.93. The molecule has 4 nitrogen and oxygen atoms in total. The molecule has 1 heterocycles. The van der Waals surface area contributed by atoms with Crippen molar-refractivity contribution >= 4 is 5.91 Å². The van der Waals surface area contributed by atoms with Gasteiger partial charge >= 0.3 is 0 Å². The third kappa shape index (κ3) is 2.84. The van der Waals surface area contributed by atoms with Gasteiger partial charge in [-0.05, 0) is 24.6 Å². The molecule has 0 saturated carbocycles. The third-order valence-corrected chi connectivity index (χ3v) is 3.46. The highest BCUT2D eigenvalue weighted by Gasteiger charge is 2.21. The third-order valence-electron chi connectivity index (χ3n) is 3.46. The van der Waals surface area contributed by atoms with Gasteiger partial charge in [0.1, 0.15) is 13.2 Å². The minimum atomic E-state index is -0.159. The van der Waals surface area contributed by atoms with Crippen LogP contribution < -0.4 is 14.8 Å². The van der Waals surface area contributed by atoms with Gasteiger partial charge in [0.15, 0.2) is 11.5 Å². The van der Waals surface area contributed by atoms with Crippen molar-refractivity contribution in [1.82, 2.24) is 5.32 Å². The van der Waals surface area contributed by atoms with Gasteiger partial charge in [-0.2, -0.15) is 0 Å². The fraction of sp³-hybridized carbons (Fsp3) is 0.235. The van der Waals surface area contributed by atoms with Crippen LogP contribution in [0.1, 0.15) is 28.9 Å². The van der Waals surface area contributed by atoms with Gasteiger partial charge in [-0.25, -0.2) is 0 Å². The van der Waals surface area contributed by atoms with Crippen LogP contribution in [-0.2, 0) is 0 Å². The van der Waals surface area contributed by atoms with Gasteiger partial charge in [0.05, 0.1) is 11.6 Å². The van der Waals surface area contributed by atoms with E-state index in [1.54, 1.807) is 12.1 Å². The molecular formula is C17H17NO3. The molecular weight excluding hydrogens is 266 g/mol. The summed E-state index contributed by atoms with van der Waals surface area (Å²) in [5.41, 5.74) is 1.57. The van der Waals surface area contributed by atoms with Crippen LogP contribution in [0.4, 0.5) is 0 Å². The normalized spacial score (nSPS) is 14.3. The number of amides is 1. The number of ether oxygens (including phenoxy) is 2. The quantitative estimate of drug-likeness (QED) is 0.942. The molecule has 2 aromatic carbocycles. The van der Waals surface area contributed by atoms with Crippen molar-refractivity contribution in [2.75, 3.05) is 13.2 Å². The first kappa shape index (κ1) is 13.5. The van der Waals surface area contributed by atoms with E-state index in [9.17, 15) is 4.79 Å². The van der Waals surface area contributed by atoms with Gasteiger partial charge in [0, 0.05) is 0 Å². The Bertz CT molecular complexity index is 640. The summed E-state index contributed by atoms with van der Waals surface area (Å²) in [5, 5.41) is 2.99. The molecule has 0 fully saturated rings. The van der Waals surface area contributed by atoms with Crippen LogP contribution in [0, 0.1) is 0 Å². The first-order chi connectivity index (χ1) is 10.3. The van der Waals surface area contributed by atoms with Crippen LogP contribution >= 0.6 is 0 Å². The molecule has 0 radical (unpaired) electrons. The zero-order valence-corrected chi connectivity index (χ0v) is 11.8. The van der Waals surface area contributed by atoms with Gasteiger partial charge in [-0.3, -0.25) is 4.79 Å². The number of nitrogens with one attached hydrogen (secondary N) is 1. The number of carbonyl (C=O) groups is 1. The van der Waals surface area contributed by atoms with Crippen LogP contribution in [-0.4, -0.2) is 19.1 Å². The molecule has 1 aliphatic heterocycles. The fourth-order valence-electron chi connectivity index (χ4n) is 2.35. The van der Waals surface area contributed by atoms with Crippen molar-refractivity contribution in [1.29, 1.82) is 0 Å². The molecule has 3 rings (SSSR count). The molecule has 21 heavy (non-hydrogen) atoms. The number of benzene rings is 2. The molecule has 1 unspecified atom stereocenters. The van der Waals surface area contributed by atoms with Crippen molar-refractivity contribution in [2.45, 2.75) is 13.0 Å². The summed E-state index contributed by atoms with van der Waals surface area (Å²) in [6, 6.07) is 15.1. The van der Waals surface area contributed by atoms with Crippen LogP contribution in [0.2, 0.25) is 0 Å². The first-order valence-electron chi connectivity index (χ1n) is 7.00. The summed E-state index contributed by atoms with van der Waals surface area (Å²) in [7, 11) is 0. The molecule has 4 heteroatoms. The Hall–Kier alpha value is -2.49. The van der Waals surface area contributed by atoms with Crippen molar-refractivity contribution < 1.29 is 14.3 Å². The number of hydrogen-bond acceptors (Lipinski definition) is 3. The average Bonchev–Trinajstić information content (AvgIpc) is 2.55. The summed E-state index contributed by atoms with van der Waals surface area (Å²) in [5.74, 6) is 0.997. The van der Waals surface area contributed by atoms with Crippen molar-refractivity contribution in [3.63, 3.8) is 0 Å². The Kier molecular flexibility index (Phi) is 3.77. The molecule has 1 atom stereocenters. The summed E-state index contributed by atoms with van der Waals surface area (Å²) in [4.78, 5) is 12.5. The fourth-order valence-corrected chi connectivity index (χ4v) is 2.35. The van der Waals surface area contributed by atoms with Crippen molar-refractivity contribution in [3.05, 3.63) is 59.7 Å². The lowest BCUT2D eigenvalue weighted by Crippen LogP contribution is -2.28. The average molecular weight is 283 g/mol. The molecule has 108 valence electrons. The molecule has 0 aliphatic carbocycles. The minimum Gasteiger partial charge on any atom is -0.486 e. The smallest absolute Gasteiger partial charge is 0.255 e. The zero-order chi connectivity index (χ0) is 14.7. The molecule has 0 bridgehead atoms. The van der Waals surface area contributed by atoms with Crippen LogP contribution in [0.3, 0.4) is 0 Å². The SMILES string of the molecule is CC(NC(=O)c1cccc2c1OCCO2)c1ccccc1. The van der Waals surface area contributed by atoms with E-state index in [0.29, 0.717) is 30.3 Å². The van der Waals surface area contributed by atoms with Gasteiger partial charge in [0.25, 0.3) is 5.91 Å². The van der Waals surface area contributed by atoms with Crippen molar-refractivity contribution in [2.24, 2.45) is 0 Å². The van der Waals surface area contributed by atoms with Gasteiger partial charge in [0.2, 0.25) is 0 Å². The molecule has 2 aromatic rings. The van der Waals surface area contributed by atoms with Crippen molar-refractivity contribution in [3.8, 4) is 11.5 Å². The monoisotopic (exact) mass is 283 g/mol. The first-order valence-corrected chi connectivity index (χ1v) is 7.00. The maximum atomic E-state index is 12.5. The Morgan fingerprint density at radius 1 is 1.05 bits per heavy atom. The minimum absolute atomic E-state index is 0.0703. The topological polar surface area (TPSA) is 47.6 Å². The number of para-hydroxylation sites is 1. The maximum Gasteiger partial charge on any atom is 0.255 e. The second kappa shape index (κ2) is 5.87. The zero-order valence-electron chi connectivity index (χ0n) is 11.8. The molecule has 1 N–H and O–H groups in total. The Morgan fingerprint density at radius 3 is 2.62 bits per heavy atom. The van der Waals surface area contributed by atoms with Gasteiger partial charge < -0.3 is 14.8 Å². The van der Waals surface area contributed by atoms with Crippen LogP contribution in [0.5, 0.6) is 11.5 Å². The standard InChI is InChI=1S/C17H17NO3/c1-12(13-6-3-2-4-7-13)18-17(19)14-8-5-9-15-16(14)21-11-10-20-15/h2-9,12H,10-11H2,1H3,(H,18,19). The van der Waals surface area contributed by atoms with E-state index in [2.05, 4.69) is 5.32 Å². The van der Waals surface area contributed by atoms with E-state index in [1.807, 2.05) is 43.3 Å². The van der Waals surface area contributed by atoms with Gasteiger partial charge in [-0.1, -0.05) is 36.4 Å². The van der Waals surface area contributed by atoms with Crippen LogP contribution in [0.25, 0.3) is 0 Å². The molecule has 0 saturated heterocycles. The predicted molar refractivity (Wildman–Crippen MR) is 79.8 cm³/mol. The second-order valence-electron chi connectivity index (χ2n) is 4.94. The number of carbonyl (C=O) groups excluding carboxylic acids is 1. The maximum absolute atomic E-state index is 12.5. The Morgan fingerprint density at radius 2 is 1.81 bits per heavy atom. The highest BCUT2D eigenvalue weighted by molar-refractivity contribution is 5.98. The van der Waals surface area contributed by atoms with Crippen LogP contribution in [0.15, 0.2) is 48.5 Å². The molecule has 0 spiro atoms. The molecule has 1 amide bonds. The van der Waals surface area contributed by atoms with E-state index in [1.165, 1.54) is 0 Å². The Balaban J connectivity index is 1.80. The largest absolute Gasteiger partial charge is 0.486 e. The molecule has 1 aliphatic rings. The summed E-state index contributed by atoms with van der Waals surface area (Å²) in [6.07, 6.45) is 0. The lowest BCUT2D eigenvalue weighted by Gasteiger charge is -2.21. The van der Waals surface area contributed by atoms with E-state index in [0.717, 1.165) is 5.56 Å². The highest BCUT2D eigenvalue weighted by Crippen LogP contribution is 2.33. The van der Waals surface area contributed by atoms with E-state index < -0.39 is 0 Å².